The molecule has 31 heavy (non-hydrogen) atoms. The summed E-state index contributed by atoms with van der Waals surface area (Å²) in [6.45, 7) is 3.74. The van der Waals surface area contributed by atoms with E-state index < -0.39 is 16.8 Å². The van der Waals surface area contributed by atoms with Gasteiger partial charge in [0.2, 0.25) is 5.89 Å². The maximum absolute atomic E-state index is 11.4. The van der Waals surface area contributed by atoms with E-state index in [1.54, 1.807) is 12.1 Å². The van der Waals surface area contributed by atoms with Crippen LogP contribution in [0.25, 0.3) is 5.57 Å². The van der Waals surface area contributed by atoms with Crippen LogP contribution in [-0.4, -0.2) is 30.1 Å². The van der Waals surface area contributed by atoms with Crippen molar-refractivity contribution in [1.29, 1.82) is 0 Å². The van der Waals surface area contributed by atoms with Gasteiger partial charge in [-0.3, -0.25) is 15.1 Å². The van der Waals surface area contributed by atoms with Gasteiger partial charge in [-0.05, 0) is 30.9 Å². The first-order chi connectivity index (χ1) is 14.9. The summed E-state index contributed by atoms with van der Waals surface area (Å²) in [4.78, 5) is 24.7. The van der Waals surface area contributed by atoms with Crippen LogP contribution < -0.4 is 0 Å². The van der Waals surface area contributed by atoms with E-state index in [2.05, 4.69) is 19.5 Å². The smallest absolute Gasteiger partial charge is 0.269 e. The molecule has 2 atom stereocenters. The molecule has 0 saturated heterocycles. The lowest BCUT2D eigenvalue weighted by molar-refractivity contribution is -0.384. The molecule has 2 aromatic heterocycles. The molecule has 1 aromatic carbocycles. The second-order valence-corrected chi connectivity index (χ2v) is 8.18. The first-order valence-electron chi connectivity index (χ1n) is 9.20. The normalized spacial score (nSPS) is 18.9. The fourth-order valence-corrected chi connectivity index (χ4v) is 4.81. The van der Waals surface area contributed by atoms with E-state index in [1.807, 2.05) is 19.9 Å². The van der Waals surface area contributed by atoms with Gasteiger partial charge in [-0.25, -0.2) is 4.98 Å². The minimum atomic E-state index is -0.450. The zero-order valence-electron chi connectivity index (χ0n) is 16.5. The molecule has 0 amide bonds. The third-order valence-corrected chi connectivity index (χ3v) is 6.22. The van der Waals surface area contributed by atoms with E-state index in [1.165, 1.54) is 17.6 Å². The number of nitro groups is 1. The predicted molar refractivity (Wildman–Crippen MR) is 118 cm³/mol. The standard InChI is InChI=1S/C19H16Cl2N6O3S/c1-9-15(18-23-13(7-20)25-30-18)17(11-4-3-5-12(6-11)27(28)29)16(10(2)22-9)19-24-14(8-21)26-31-19/h3-6,15,17H,7-8H2,1-2H3. The van der Waals surface area contributed by atoms with Gasteiger partial charge >= 0.3 is 0 Å². The summed E-state index contributed by atoms with van der Waals surface area (Å²) in [5.41, 5.74) is 2.95. The summed E-state index contributed by atoms with van der Waals surface area (Å²) < 4.78 is 9.80. The molecular formula is C19H16Cl2N6O3S. The molecular weight excluding hydrogens is 463 g/mol. The van der Waals surface area contributed by atoms with Gasteiger partial charge in [0.1, 0.15) is 5.01 Å². The lowest BCUT2D eigenvalue weighted by atomic mass is 9.75. The fraction of sp³-hybridized carbons (Fsp3) is 0.316. The molecule has 0 bridgehead atoms. The van der Waals surface area contributed by atoms with Crippen LogP contribution in [0.15, 0.2) is 39.5 Å². The number of halogens is 2. The van der Waals surface area contributed by atoms with Crippen LogP contribution in [0.3, 0.4) is 0 Å². The van der Waals surface area contributed by atoms with Gasteiger partial charge in [-0.15, -0.1) is 23.2 Å². The summed E-state index contributed by atoms with van der Waals surface area (Å²) in [5, 5.41) is 16.0. The van der Waals surface area contributed by atoms with Crippen LogP contribution in [-0.2, 0) is 11.8 Å². The number of nitro benzene ring substituents is 1. The number of alkyl halides is 2. The monoisotopic (exact) mass is 478 g/mol. The summed E-state index contributed by atoms with van der Waals surface area (Å²) in [7, 11) is 0. The average Bonchev–Trinajstić information content (AvgIpc) is 3.42. The van der Waals surface area contributed by atoms with Gasteiger partial charge in [0.15, 0.2) is 11.6 Å². The van der Waals surface area contributed by atoms with E-state index in [0.29, 0.717) is 28.1 Å². The van der Waals surface area contributed by atoms with Crippen LogP contribution in [0.4, 0.5) is 5.69 Å². The van der Waals surface area contributed by atoms with E-state index in [9.17, 15) is 10.1 Å². The topological polar surface area (TPSA) is 120 Å². The van der Waals surface area contributed by atoms with Gasteiger partial charge in [-0.2, -0.15) is 9.36 Å². The highest BCUT2D eigenvalue weighted by atomic mass is 35.5. The van der Waals surface area contributed by atoms with Gasteiger partial charge in [0.25, 0.3) is 5.69 Å². The van der Waals surface area contributed by atoms with Crippen molar-refractivity contribution in [2.24, 2.45) is 4.99 Å². The second-order valence-electron chi connectivity index (χ2n) is 6.89. The first kappa shape index (κ1) is 21.5. The average molecular weight is 479 g/mol. The van der Waals surface area contributed by atoms with Crippen molar-refractivity contribution >= 4 is 51.7 Å². The fourth-order valence-electron chi connectivity index (χ4n) is 3.69. The van der Waals surface area contributed by atoms with Crippen molar-refractivity contribution in [1.82, 2.24) is 19.5 Å². The molecule has 12 heteroatoms. The SMILES string of the molecule is CC1=NC(C)=C(c2nc(CCl)ns2)C(c2cccc([N+](=O)[O-])c2)C1c1nc(CCl)no1. The number of aromatic nitrogens is 4. The second kappa shape index (κ2) is 8.81. The highest BCUT2D eigenvalue weighted by Crippen LogP contribution is 2.48. The van der Waals surface area contributed by atoms with Crippen molar-refractivity contribution in [3.63, 3.8) is 0 Å². The van der Waals surface area contributed by atoms with E-state index >= 15 is 0 Å². The molecule has 1 aliphatic heterocycles. The molecule has 0 fully saturated rings. The van der Waals surface area contributed by atoms with E-state index in [0.717, 1.165) is 17.0 Å². The molecule has 0 N–H and O–H groups in total. The number of allylic oxidation sites excluding steroid dienone is 2. The predicted octanol–water partition coefficient (Wildman–Crippen LogP) is 5.08. The Bertz CT molecular complexity index is 1200. The molecule has 0 spiro atoms. The van der Waals surface area contributed by atoms with Crippen molar-refractivity contribution < 1.29 is 9.45 Å². The van der Waals surface area contributed by atoms with E-state index in [-0.39, 0.29) is 17.4 Å². The third-order valence-electron chi connectivity index (χ3n) is 4.96. The van der Waals surface area contributed by atoms with Crippen LogP contribution in [0.1, 0.15) is 53.8 Å². The maximum atomic E-state index is 11.4. The summed E-state index contributed by atoms with van der Waals surface area (Å²) >= 11 is 13.0. The summed E-state index contributed by atoms with van der Waals surface area (Å²) in [6, 6.07) is 6.49. The molecule has 0 radical (unpaired) electrons. The summed E-state index contributed by atoms with van der Waals surface area (Å²) in [5.74, 6) is 0.621. The van der Waals surface area contributed by atoms with Crippen LogP contribution in [0.2, 0.25) is 0 Å². The number of rotatable bonds is 6. The van der Waals surface area contributed by atoms with Gasteiger partial charge < -0.3 is 4.52 Å². The third kappa shape index (κ3) is 4.10. The van der Waals surface area contributed by atoms with Gasteiger partial charge in [-0.1, -0.05) is 17.3 Å². The number of nitrogens with zero attached hydrogens (tertiary/aromatic N) is 6. The van der Waals surface area contributed by atoms with Crippen LogP contribution >= 0.6 is 34.7 Å². The minimum Gasteiger partial charge on any atom is -0.339 e. The number of non-ortho nitro benzene ring substituents is 1. The molecule has 2 unspecified atom stereocenters. The zero-order chi connectivity index (χ0) is 22.1. The van der Waals surface area contributed by atoms with Crippen molar-refractivity contribution in [2.75, 3.05) is 0 Å². The summed E-state index contributed by atoms with van der Waals surface area (Å²) in [6.07, 6.45) is 0. The number of benzene rings is 1. The lowest BCUT2D eigenvalue weighted by Crippen LogP contribution is -2.24. The van der Waals surface area contributed by atoms with Gasteiger partial charge in [0.05, 0.1) is 22.6 Å². The van der Waals surface area contributed by atoms with Crippen molar-refractivity contribution in [3.8, 4) is 0 Å². The maximum Gasteiger partial charge on any atom is 0.269 e. The molecule has 0 saturated carbocycles. The molecule has 3 heterocycles. The number of hydrogen-bond acceptors (Lipinski definition) is 9. The highest BCUT2D eigenvalue weighted by Gasteiger charge is 2.40. The van der Waals surface area contributed by atoms with Crippen molar-refractivity contribution in [3.05, 3.63) is 68.2 Å². The largest absolute Gasteiger partial charge is 0.339 e. The molecule has 4 rings (SSSR count). The van der Waals surface area contributed by atoms with Crippen LogP contribution in [0, 0.1) is 10.1 Å². The molecule has 0 aliphatic carbocycles. The highest BCUT2D eigenvalue weighted by molar-refractivity contribution is 7.06. The number of aliphatic imine (C=N–C) groups is 1. The molecule has 3 aromatic rings. The van der Waals surface area contributed by atoms with Gasteiger partial charge in [0, 0.05) is 35.0 Å². The Balaban J connectivity index is 1.93. The zero-order valence-corrected chi connectivity index (χ0v) is 18.8. The lowest BCUT2D eigenvalue weighted by Gasteiger charge is -2.31. The Morgan fingerprint density at radius 1 is 1.16 bits per heavy atom. The van der Waals surface area contributed by atoms with Crippen LogP contribution in [0.5, 0.6) is 0 Å². The Labute approximate surface area is 191 Å². The Hall–Kier alpha value is -2.69. The Morgan fingerprint density at radius 3 is 2.58 bits per heavy atom. The molecule has 9 nitrogen and oxygen atoms in total. The first-order valence-corrected chi connectivity index (χ1v) is 11.0. The Morgan fingerprint density at radius 2 is 1.94 bits per heavy atom. The van der Waals surface area contributed by atoms with E-state index in [4.69, 9.17) is 32.7 Å². The molecule has 1 aliphatic rings. The number of hydrogen-bond donors (Lipinski definition) is 0. The van der Waals surface area contributed by atoms with Crippen molar-refractivity contribution in [2.45, 2.75) is 37.4 Å². The molecule has 160 valence electrons. The Kier molecular flexibility index (Phi) is 6.12. The minimum absolute atomic E-state index is 0.0147. The quantitative estimate of drug-likeness (QED) is 0.275.